The lowest BCUT2D eigenvalue weighted by molar-refractivity contribution is 0.121. The molecule has 0 aliphatic rings. The van der Waals surface area contributed by atoms with Crippen LogP contribution in [-0.2, 0) is 4.74 Å². The van der Waals surface area contributed by atoms with Gasteiger partial charge in [0.1, 0.15) is 17.5 Å². The van der Waals surface area contributed by atoms with Crippen LogP contribution in [0.4, 0.5) is 10.5 Å². The van der Waals surface area contributed by atoms with E-state index in [1.807, 2.05) is 54.6 Å². The number of carbonyl (C=O) groups excluding carboxylic acids is 1. The van der Waals surface area contributed by atoms with E-state index in [4.69, 9.17) is 20.9 Å². The molecule has 0 bridgehead atoms. The summed E-state index contributed by atoms with van der Waals surface area (Å²) in [6, 6.07) is 19.2. The van der Waals surface area contributed by atoms with Crippen molar-refractivity contribution < 1.29 is 14.1 Å². The maximum absolute atomic E-state index is 12.5. The molecule has 0 fully saturated rings. The molecule has 152 valence electrons. The van der Waals surface area contributed by atoms with Gasteiger partial charge < -0.3 is 9.26 Å². The lowest BCUT2D eigenvalue weighted by atomic mass is 10.0. The van der Waals surface area contributed by atoms with E-state index in [1.165, 1.54) is 0 Å². The van der Waals surface area contributed by atoms with Gasteiger partial charge >= 0.3 is 6.09 Å². The fourth-order valence-electron chi connectivity index (χ4n) is 3.23. The van der Waals surface area contributed by atoms with Gasteiger partial charge in [-0.1, -0.05) is 69.1 Å². The Kier molecular flexibility index (Phi) is 5.79. The van der Waals surface area contributed by atoms with Crippen molar-refractivity contribution in [1.29, 1.82) is 0 Å². The fraction of sp³-hybridized carbons (Fsp3) is 0.130. The molecular weight excluding hydrogens is 468 g/mol. The van der Waals surface area contributed by atoms with E-state index in [0.29, 0.717) is 22.2 Å². The predicted octanol–water partition coefficient (Wildman–Crippen LogP) is 7.53. The summed E-state index contributed by atoms with van der Waals surface area (Å²) in [5.74, 6) is 0.472. The number of amides is 1. The van der Waals surface area contributed by atoms with E-state index in [9.17, 15) is 4.79 Å². The summed E-state index contributed by atoms with van der Waals surface area (Å²) in [7, 11) is 0. The van der Waals surface area contributed by atoms with E-state index >= 15 is 0 Å². The van der Waals surface area contributed by atoms with E-state index in [2.05, 4.69) is 26.4 Å². The number of ether oxygens (including phenoxy) is 1. The SMILES string of the molecule is Cc1noc(-c2ccc3cc(Br)ccc3c2)c1NC(=O)OC(C)c1ccccc1Cl. The number of nitrogens with zero attached hydrogens (tertiary/aromatic N) is 1. The summed E-state index contributed by atoms with van der Waals surface area (Å²) < 4.78 is 12.0. The molecule has 1 heterocycles. The predicted molar refractivity (Wildman–Crippen MR) is 122 cm³/mol. The molecule has 0 aliphatic heterocycles. The van der Waals surface area contributed by atoms with Gasteiger partial charge in [-0.2, -0.15) is 0 Å². The molecule has 5 nitrogen and oxygen atoms in total. The standard InChI is InChI=1S/C23H18BrClN2O3/c1-13-21(26-23(28)29-14(2)19-5-3-4-6-20(19)25)22(30-27-13)17-8-7-16-12-18(24)10-9-15(16)11-17/h3-12,14H,1-2H3,(H,26,28). The monoisotopic (exact) mass is 484 g/mol. The van der Waals surface area contributed by atoms with Gasteiger partial charge in [0, 0.05) is 20.6 Å². The molecule has 3 aromatic carbocycles. The number of rotatable bonds is 4. The van der Waals surface area contributed by atoms with Gasteiger partial charge in [-0.05, 0) is 48.9 Å². The van der Waals surface area contributed by atoms with Gasteiger partial charge in [-0.15, -0.1) is 0 Å². The molecule has 30 heavy (non-hydrogen) atoms. The molecule has 0 saturated carbocycles. The topological polar surface area (TPSA) is 64.4 Å². The van der Waals surface area contributed by atoms with Crippen LogP contribution in [-0.4, -0.2) is 11.2 Å². The summed E-state index contributed by atoms with van der Waals surface area (Å²) in [6.07, 6.45) is -1.12. The Balaban J connectivity index is 1.57. The van der Waals surface area contributed by atoms with E-state index < -0.39 is 12.2 Å². The average molecular weight is 486 g/mol. The fourth-order valence-corrected chi connectivity index (χ4v) is 3.90. The van der Waals surface area contributed by atoms with Gasteiger partial charge in [0.05, 0.1) is 0 Å². The van der Waals surface area contributed by atoms with E-state index in [1.54, 1.807) is 19.9 Å². The smallest absolute Gasteiger partial charge is 0.412 e. The zero-order valence-electron chi connectivity index (χ0n) is 16.3. The molecule has 7 heteroatoms. The first-order chi connectivity index (χ1) is 14.4. The van der Waals surface area contributed by atoms with Crippen LogP contribution in [0, 0.1) is 6.92 Å². The van der Waals surface area contributed by atoms with Crippen LogP contribution < -0.4 is 5.32 Å². The minimum absolute atomic E-state index is 0.472. The molecule has 1 aromatic heterocycles. The van der Waals surface area contributed by atoms with Crippen molar-refractivity contribution in [2.75, 3.05) is 5.32 Å². The van der Waals surface area contributed by atoms with Gasteiger partial charge in [-0.25, -0.2) is 4.79 Å². The average Bonchev–Trinajstić information content (AvgIpc) is 3.08. The number of hydrogen-bond acceptors (Lipinski definition) is 4. The molecule has 0 saturated heterocycles. The van der Waals surface area contributed by atoms with Crippen molar-refractivity contribution in [3.63, 3.8) is 0 Å². The number of halogens is 2. The highest BCUT2D eigenvalue weighted by molar-refractivity contribution is 9.10. The zero-order valence-corrected chi connectivity index (χ0v) is 18.6. The summed E-state index contributed by atoms with van der Waals surface area (Å²) in [5.41, 5.74) is 2.57. The lowest BCUT2D eigenvalue weighted by Crippen LogP contribution is -2.17. The van der Waals surface area contributed by atoms with E-state index in [-0.39, 0.29) is 0 Å². The summed E-state index contributed by atoms with van der Waals surface area (Å²) >= 11 is 9.67. The van der Waals surface area contributed by atoms with Crippen LogP contribution in [0.15, 0.2) is 69.7 Å². The number of anilines is 1. The Morgan fingerprint density at radius 1 is 1.13 bits per heavy atom. The summed E-state index contributed by atoms with van der Waals surface area (Å²) in [4.78, 5) is 12.5. The highest BCUT2D eigenvalue weighted by Crippen LogP contribution is 2.34. The first kappa shape index (κ1) is 20.4. The molecule has 4 rings (SSSR count). The van der Waals surface area contributed by atoms with Gasteiger partial charge in [0.15, 0.2) is 5.76 Å². The van der Waals surface area contributed by atoms with E-state index in [0.717, 1.165) is 26.4 Å². The first-order valence-electron chi connectivity index (χ1n) is 9.30. The minimum atomic E-state index is -0.611. The van der Waals surface area contributed by atoms with Crippen molar-refractivity contribution in [1.82, 2.24) is 5.16 Å². The number of hydrogen-bond donors (Lipinski definition) is 1. The zero-order chi connectivity index (χ0) is 21.3. The Labute approximate surface area is 187 Å². The summed E-state index contributed by atoms with van der Waals surface area (Å²) in [6.45, 7) is 3.53. The second kappa shape index (κ2) is 8.50. The molecule has 1 atom stereocenters. The molecule has 0 spiro atoms. The number of carbonyl (C=O) groups is 1. The van der Waals surface area contributed by atoms with Gasteiger partial charge in [-0.3, -0.25) is 5.32 Å². The number of aromatic nitrogens is 1. The van der Waals surface area contributed by atoms with Crippen LogP contribution in [0.3, 0.4) is 0 Å². The molecule has 0 aliphatic carbocycles. The molecule has 1 N–H and O–H groups in total. The van der Waals surface area contributed by atoms with Crippen LogP contribution in [0.2, 0.25) is 5.02 Å². The number of fused-ring (bicyclic) bond motifs is 1. The molecule has 4 aromatic rings. The van der Waals surface area contributed by atoms with Crippen molar-refractivity contribution in [3.05, 3.63) is 81.4 Å². The quantitative estimate of drug-likeness (QED) is 0.324. The second-order valence-electron chi connectivity index (χ2n) is 6.87. The van der Waals surface area contributed by atoms with Crippen LogP contribution in [0.5, 0.6) is 0 Å². The summed E-state index contributed by atoms with van der Waals surface area (Å²) in [5, 5.41) is 9.46. The molecule has 1 unspecified atom stereocenters. The third-order valence-electron chi connectivity index (χ3n) is 4.78. The Morgan fingerprint density at radius 3 is 2.67 bits per heavy atom. The van der Waals surface area contributed by atoms with Crippen molar-refractivity contribution >= 4 is 50.1 Å². The number of nitrogens with one attached hydrogen (secondary N) is 1. The normalized spacial score (nSPS) is 12.0. The highest BCUT2D eigenvalue weighted by atomic mass is 79.9. The van der Waals surface area contributed by atoms with Crippen LogP contribution in [0.1, 0.15) is 24.3 Å². The lowest BCUT2D eigenvalue weighted by Gasteiger charge is -2.15. The van der Waals surface area contributed by atoms with Crippen LogP contribution in [0.25, 0.3) is 22.1 Å². The largest absolute Gasteiger partial charge is 0.441 e. The van der Waals surface area contributed by atoms with Gasteiger partial charge in [0.2, 0.25) is 0 Å². The first-order valence-corrected chi connectivity index (χ1v) is 10.5. The maximum atomic E-state index is 12.5. The Bertz CT molecular complexity index is 1240. The van der Waals surface area contributed by atoms with Crippen molar-refractivity contribution in [3.8, 4) is 11.3 Å². The van der Waals surface area contributed by atoms with Gasteiger partial charge in [0.25, 0.3) is 0 Å². The third-order valence-corrected chi connectivity index (χ3v) is 5.62. The minimum Gasteiger partial charge on any atom is -0.441 e. The number of aryl methyl sites for hydroxylation is 1. The highest BCUT2D eigenvalue weighted by Gasteiger charge is 2.20. The van der Waals surface area contributed by atoms with Crippen molar-refractivity contribution in [2.45, 2.75) is 20.0 Å². The van der Waals surface area contributed by atoms with Crippen molar-refractivity contribution in [2.24, 2.45) is 0 Å². The second-order valence-corrected chi connectivity index (χ2v) is 8.20. The molecule has 1 amide bonds. The van der Waals surface area contributed by atoms with Crippen LogP contribution >= 0.6 is 27.5 Å². The Morgan fingerprint density at radius 2 is 1.87 bits per heavy atom. The molecular formula is C23H18BrClN2O3. The maximum Gasteiger partial charge on any atom is 0.412 e. The Hall–Kier alpha value is -2.83. The molecule has 0 radical (unpaired) electrons. The number of benzene rings is 3. The third kappa shape index (κ3) is 4.20.